The summed E-state index contributed by atoms with van der Waals surface area (Å²) in [6.45, 7) is -1.22. The molecule has 0 aliphatic rings. The van der Waals surface area contributed by atoms with Crippen molar-refractivity contribution in [1.29, 1.82) is 0 Å². The van der Waals surface area contributed by atoms with Gasteiger partial charge in [0.2, 0.25) is 11.8 Å². The summed E-state index contributed by atoms with van der Waals surface area (Å²) in [4.78, 5) is 46.6. The number of hydrogen-bond donors (Lipinski definition) is 3. The Balaban J connectivity index is 1.46. The maximum Gasteiger partial charge on any atom is 0.387 e. The largest absolute Gasteiger partial charge is 0.481 e. The topological polar surface area (TPSA) is 147 Å². The predicted octanol–water partition coefficient (Wildman–Crippen LogP) is 5.35. The highest BCUT2D eigenvalue weighted by molar-refractivity contribution is 6.30. The number of benzene rings is 3. The van der Waals surface area contributed by atoms with E-state index in [0.29, 0.717) is 17.3 Å². The highest BCUT2D eigenvalue weighted by atomic mass is 35.5. The van der Waals surface area contributed by atoms with Crippen LogP contribution in [0.2, 0.25) is 5.02 Å². The number of methoxy groups -OCH3 is 1. The first-order valence-corrected chi connectivity index (χ1v) is 17.8. The van der Waals surface area contributed by atoms with Gasteiger partial charge in [-0.15, -0.1) is 0 Å². The molecule has 0 bridgehead atoms. The number of nitrogens with zero attached hydrogens (tertiary/aromatic N) is 4. The van der Waals surface area contributed by atoms with Crippen LogP contribution in [0.1, 0.15) is 30.3 Å². The molecule has 0 fully saturated rings. The van der Waals surface area contributed by atoms with Crippen LogP contribution in [0.25, 0.3) is 11.3 Å². The number of aromatic nitrogens is 2. The van der Waals surface area contributed by atoms with Crippen LogP contribution in [-0.2, 0) is 45.7 Å². The number of alkyl halides is 2. The summed E-state index contributed by atoms with van der Waals surface area (Å²) < 4.78 is 45.1. The Morgan fingerprint density at radius 2 is 1.67 bits per heavy atom. The second kappa shape index (κ2) is 20.0. The number of halogens is 3. The van der Waals surface area contributed by atoms with Gasteiger partial charge in [-0.2, -0.15) is 8.78 Å². The van der Waals surface area contributed by atoms with Crippen LogP contribution in [0.3, 0.4) is 0 Å². The zero-order chi connectivity index (χ0) is 40.2. The average Bonchev–Trinajstić information content (AvgIpc) is 3.49. The number of hydrogen-bond acceptors (Lipinski definition) is 9. The van der Waals surface area contributed by atoms with Crippen LogP contribution in [0, 0.1) is 0 Å². The van der Waals surface area contributed by atoms with Gasteiger partial charge >= 0.3 is 12.6 Å². The molecule has 4 aromatic rings. The second-order valence-corrected chi connectivity index (χ2v) is 13.7. The van der Waals surface area contributed by atoms with Crippen molar-refractivity contribution in [3.8, 4) is 28.5 Å². The number of ether oxygens (including phenoxy) is 3. The molecule has 1 heterocycles. The maximum atomic E-state index is 13.6. The zero-order valence-corrected chi connectivity index (χ0v) is 32.3. The number of carboxylic acids is 1. The van der Waals surface area contributed by atoms with Crippen LogP contribution in [0.15, 0.2) is 72.9 Å². The summed E-state index contributed by atoms with van der Waals surface area (Å²) in [6.07, 6.45) is 1.69. The molecule has 1 aromatic heterocycles. The van der Waals surface area contributed by atoms with E-state index in [4.69, 9.17) is 25.8 Å². The Hall–Kier alpha value is -5.09. The summed E-state index contributed by atoms with van der Waals surface area (Å²) in [5, 5.41) is 15.8. The van der Waals surface area contributed by atoms with Gasteiger partial charge < -0.3 is 44.3 Å². The lowest BCUT2D eigenvalue weighted by molar-refractivity contribution is -0.142. The van der Waals surface area contributed by atoms with E-state index in [9.17, 15) is 28.3 Å². The normalized spacial score (nSPS) is 13.0. The van der Waals surface area contributed by atoms with E-state index in [0.717, 1.165) is 22.6 Å². The number of aliphatic carboxylic acids is 1. The fourth-order valence-electron chi connectivity index (χ4n) is 5.84. The summed E-state index contributed by atoms with van der Waals surface area (Å²) in [5.41, 5.74) is 2.82. The third-order valence-corrected chi connectivity index (χ3v) is 9.09. The predicted molar refractivity (Wildman–Crippen MR) is 203 cm³/mol. The van der Waals surface area contributed by atoms with E-state index in [1.807, 2.05) is 42.7 Å². The van der Waals surface area contributed by atoms with Crippen molar-refractivity contribution in [2.24, 2.45) is 7.05 Å². The monoisotopic (exact) mass is 784 g/mol. The lowest BCUT2D eigenvalue weighted by atomic mass is 10.0. The Morgan fingerprint density at radius 3 is 2.29 bits per heavy atom. The van der Waals surface area contributed by atoms with Gasteiger partial charge in [-0.1, -0.05) is 29.8 Å². The molecular formula is C39H47ClF2N6O7. The van der Waals surface area contributed by atoms with Crippen molar-refractivity contribution in [1.82, 2.24) is 30.0 Å². The van der Waals surface area contributed by atoms with Gasteiger partial charge in [0.05, 0.1) is 43.1 Å². The van der Waals surface area contributed by atoms with Gasteiger partial charge in [0.25, 0.3) is 0 Å². The van der Waals surface area contributed by atoms with Crippen molar-refractivity contribution in [2.75, 3.05) is 34.9 Å². The Bertz CT molecular complexity index is 1890. The van der Waals surface area contributed by atoms with Crippen LogP contribution in [-0.4, -0.2) is 102 Å². The first-order valence-electron chi connectivity index (χ1n) is 17.4. The third-order valence-electron chi connectivity index (χ3n) is 8.84. The van der Waals surface area contributed by atoms with Crippen LogP contribution < -0.4 is 20.1 Å². The smallest absolute Gasteiger partial charge is 0.387 e. The summed E-state index contributed by atoms with van der Waals surface area (Å²) in [6, 6.07) is 15.7. The Kier molecular flexibility index (Phi) is 15.5. The Morgan fingerprint density at radius 1 is 1.00 bits per heavy atom. The lowest BCUT2D eigenvalue weighted by Gasteiger charge is -2.31. The number of likely N-dealkylation sites (N-methyl/N-ethyl adjacent to an activating group) is 1. The molecule has 3 N–H and O–H groups in total. The molecule has 0 spiro atoms. The lowest BCUT2D eigenvalue weighted by Crippen LogP contribution is -2.55. The van der Waals surface area contributed by atoms with E-state index in [2.05, 4.69) is 15.6 Å². The standard InChI is InChI=1S/C39H47ClF2N6O7/c1-24(37(51)45-31(23-53-6)38(52)47(4)28(19-36(49)50)18-25-10-14-27(40)15-11-25)43-20-30-33(8-7-9-34(30)55-39(41)42)54-29-16-12-26(13-17-29)32-21-44-35(48(32)5)22-46(2)3/h7-17,21,24,28,31,39,43H,18-20,22-23H2,1-6H3,(H,45,51)(H,49,50)/t24-,28-,31-/m0/s1. The molecular weight excluding hydrogens is 738 g/mol. The number of carbonyl (C=O) groups excluding carboxylic acids is 2. The minimum Gasteiger partial charge on any atom is -0.481 e. The van der Waals surface area contributed by atoms with Crippen molar-refractivity contribution in [2.45, 2.75) is 57.6 Å². The molecule has 0 aliphatic carbocycles. The van der Waals surface area contributed by atoms with Gasteiger partial charge in [0, 0.05) is 44.4 Å². The minimum absolute atomic E-state index is 0.126. The van der Waals surface area contributed by atoms with E-state index >= 15 is 0 Å². The number of imidazole rings is 1. The van der Waals surface area contributed by atoms with E-state index in [1.54, 1.807) is 55.6 Å². The van der Waals surface area contributed by atoms with Crippen LogP contribution in [0.5, 0.6) is 17.2 Å². The number of carboxylic acid groups (broad SMARTS) is 1. The van der Waals surface area contributed by atoms with Crippen LogP contribution in [0.4, 0.5) is 8.78 Å². The first kappa shape index (κ1) is 42.6. The molecule has 296 valence electrons. The maximum absolute atomic E-state index is 13.6. The molecule has 2 amide bonds. The number of nitrogens with one attached hydrogen (secondary N) is 2. The summed E-state index contributed by atoms with van der Waals surface area (Å²) in [7, 11) is 8.72. The molecule has 0 saturated carbocycles. The molecule has 13 nitrogen and oxygen atoms in total. The average molecular weight is 785 g/mol. The molecule has 0 aliphatic heterocycles. The van der Waals surface area contributed by atoms with Crippen molar-refractivity contribution in [3.05, 3.63) is 94.9 Å². The second-order valence-electron chi connectivity index (χ2n) is 13.2. The van der Waals surface area contributed by atoms with Crippen molar-refractivity contribution >= 4 is 29.4 Å². The zero-order valence-electron chi connectivity index (χ0n) is 31.6. The van der Waals surface area contributed by atoms with Gasteiger partial charge in [-0.25, -0.2) is 4.98 Å². The third kappa shape index (κ3) is 12.2. The fraction of sp³-hybridized carbons (Fsp3) is 0.385. The molecule has 0 saturated heterocycles. The molecule has 16 heteroatoms. The quantitative estimate of drug-likeness (QED) is 0.107. The van der Waals surface area contributed by atoms with E-state index < -0.39 is 42.5 Å². The van der Waals surface area contributed by atoms with E-state index in [1.165, 1.54) is 31.2 Å². The molecule has 0 radical (unpaired) electrons. The SMILES string of the molecule is COC[C@H](NC(=O)[C@H](C)NCc1c(Oc2ccc(-c3cnc(CN(C)C)n3C)cc2)cccc1OC(F)F)C(=O)N(C)[C@H](CC(=O)O)Cc1ccc(Cl)cc1. The number of amides is 2. The van der Waals surface area contributed by atoms with Gasteiger partial charge in [0.15, 0.2) is 0 Å². The molecule has 3 aromatic carbocycles. The fourth-order valence-corrected chi connectivity index (χ4v) is 5.97. The Labute approximate surface area is 324 Å². The molecule has 4 rings (SSSR count). The molecule has 3 atom stereocenters. The summed E-state index contributed by atoms with van der Waals surface area (Å²) in [5.74, 6) is -0.838. The molecule has 0 unspecified atom stereocenters. The van der Waals surface area contributed by atoms with Crippen molar-refractivity contribution < 1.29 is 42.5 Å². The van der Waals surface area contributed by atoms with Gasteiger partial charge in [-0.05, 0) is 81.5 Å². The van der Waals surface area contributed by atoms with Crippen LogP contribution >= 0.6 is 11.6 Å². The van der Waals surface area contributed by atoms with Gasteiger partial charge in [0.1, 0.15) is 29.1 Å². The minimum atomic E-state index is -3.12. The highest BCUT2D eigenvalue weighted by Gasteiger charge is 2.31. The van der Waals surface area contributed by atoms with Crippen molar-refractivity contribution in [3.63, 3.8) is 0 Å². The van der Waals surface area contributed by atoms with Gasteiger partial charge in [-0.3, -0.25) is 14.4 Å². The first-order chi connectivity index (χ1) is 26.2. The van der Waals surface area contributed by atoms with E-state index in [-0.39, 0.29) is 43.1 Å². The molecule has 55 heavy (non-hydrogen) atoms. The highest BCUT2D eigenvalue weighted by Crippen LogP contribution is 2.34. The number of carbonyl (C=O) groups is 3. The summed E-state index contributed by atoms with van der Waals surface area (Å²) >= 11 is 5.99. The number of rotatable bonds is 20.